The van der Waals surface area contributed by atoms with Crippen molar-refractivity contribution in [3.63, 3.8) is 0 Å². The lowest BCUT2D eigenvalue weighted by Crippen LogP contribution is -2.37. The summed E-state index contributed by atoms with van der Waals surface area (Å²) < 4.78 is 0. The van der Waals surface area contributed by atoms with Gasteiger partial charge in [0.2, 0.25) is 5.91 Å². The maximum atomic E-state index is 11.7. The highest BCUT2D eigenvalue weighted by atomic mass is 32.1. The molecule has 1 heterocycles. The van der Waals surface area contributed by atoms with Crippen molar-refractivity contribution in [2.24, 2.45) is 0 Å². The standard InChI is InChI=1S/C12H18N2O3S/c1-2-14(6-5-12(16)17)9-11(15)13-8-10-4-3-7-18-10/h3-4,7H,2,5-6,8-9H2,1H3,(H,13,15)(H,16,17). The average molecular weight is 270 g/mol. The van der Waals surface area contributed by atoms with Gasteiger partial charge in [-0.1, -0.05) is 13.0 Å². The number of carboxylic acids is 1. The van der Waals surface area contributed by atoms with Crippen LogP contribution in [0.2, 0.25) is 0 Å². The second-order valence-electron chi connectivity index (χ2n) is 3.87. The fourth-order valence-corrected chi connectivity index (χ4v) is 2.11. The van der Waals surface area contributed by atoms with Crippen molar-refractivity contribution in [1.29, 1.82) is 0 Å². The van der Waals surface area contributed by atoms with E-state index in [1.165, 1.54) is 0 Å². The highest BCUT2D eigenvalue weighted by Gasteiger charge is 2.10. The van der Waals surface area contributed by atoms with Gasteiger partial charge in [-0.15, -0.1) is 11.3 Å². The third kappa shape index (κ3) is 5.79. The molecule has 1 aromatic heterocycles. The summed E-state index contributed by atoms with van der Waals surface area (Å²) in [5.41, 5.74) is 0. The van der Waals surface area contributed by atoms with Gasteiger partial charge in [0.15, 0.2) is 0 Å². The van der Waals surface area contributed by atoms with E-state index >= 15 is 0 Å². The van der Waals surface area contributed by atoms with E-state index < -0.39 is 5.97 Å². The van der Waals surface area contributed by atoms with E-state index in [4.69, 9.17) is 5.11 Å². The van der Waals surface area contributed by atoms with Crippen LogP contribution in [0, 0.1) is 0 Å². The molecule has 1 rings (SSSR count). The van der Waals surface area contributed by atoms with Crippen LogP contribution >= 0.6 is 11.3 Å². The third-order valence-corrected chi connectivity index (χ3v) is 3.37. The number of thiophene rings is 1. The van der Waals surface area contributed by atoms with Crippen molar-refractivity contribution in [1.82, 2.24) is 10.2 Å². The molecule has 0 spiro atoms. The highest BCUT2D eigenvalue weighted by Crippen LogP contribution is 2.07. The summed E-state index contributed by atoms with van der Waals surface area (Å²) in [4.78, 5) is 25.0. The summed E-state index contributed by atoms with van der Waals surface area (Å²) in [6, 6.07) is 3.91. The molecule has 0 aliphatic carbocycles. The normalized spacial score (nSPS) is 10.6. The van der Waals surface area contributed by atoms with Crippen LogP contribution < -0.4 is 5.32 Å². The van der Waals surface area contributed by atoms with E-state index in [-0.39, 0.29) is 18.9 Å². The molecule has 2 N–H and O–H groups in total. The van der Waals surface area contributed by atoms with E-state index in [0.717, 1.165) is 4.88 Å². The Morgan fingerprint density at radius 1 is 1.50 bits per heavy atom. The van der Waals surface area contributed by atoms with E-state index in [0.29, 0.717) is 19.6 Å². The van der Waals surface area contributed by atoms with Gasteiger partial charge in [0.05, 0.1) is 19.5 Å². The average Bonchev–Trinajstić information content (AvgIpc) is 2.84. The molecule has 0 aromatic carbocycles. The molecule has 0 saturated heterocycles. The second-order valence-corrected chi connectivity index (χ2v) is 4.90. The Morgan fingerprint density at radius 2 is 2.28 bits per heavy atom. The van der Waals surface area contributed by atoms with Crippen LogP contribution in [-0.4, -0.2) is 41.5 Å². The predicted octanol–water partition coefficient (Wildman–Crippen LogP) is 1.16. The lowest BCUT2D eigenvalue weighted by atomic mass is 10.3. The van der Waals surface area contributed by atoms with Crippen molar-refractivity contribution >= 4 is 23.2 Å². The molecule has 18 heavy (non-hydrogen) atoms. The number of nitrogens with zero attached hydrogens (tertiary/aromatic N) is 1. The molecule has 0 fully saturated rings. The molecule has 0 atom stereocenters. The summed E-state index contributed by atoms with van der Waals surface area (Å²) in [6.45, 7) is 3.76. The minimum atomic E-state index is -0.840. The Kier molecular flexibility index (Phi) is 6.38. The van der Waals surface area contributed by atoms with Gasteiger partial charge in [0.25, 0.3) is 0 Å². The molecule has 0 aliphatic heterocycles. The second kappa shape index (κ2) is 7.84. The van der Waals surface area contributed by atoms with Crippen molar-refractivity contribution in [3.8, 4) is 0 Å². The highest BCUT2D eigenvalue weighted by molar-refractivity contribution is 7.09. The van der Waals surface area contributed by atoms with E-state index in [1.807, 2.05) is 29.3 Å². The summed E-state index contributed by atoms with van der Waals surface area (Å²) in [5.74, 6) is -0.914. The minimum Gasteiger partial charge on any atom is -0.481 e. The first-order valence-electron chi connectivity index (χ1n) is 5.85. The SMILES string of the molecule is CCN(CCC(=O)O)CC(=O)NCc1cccs1. The Balaban J connectivity index is 2.26. The van der Waals surface area contributed by atoms with E-state index in [9.17, 15) is 9.59 Å². The number of amides is 1. The smallest absolute Gasteiger partial charge is 0.304 e. The first-order chi connectivity index (χ1) is 8.61. The molecule has 6 heteroatoms. The van der Waals surface area contributed by atoms with Crippen LogP contribution in [0.25, 0.3) is 0 Å². The van der Waals surface area contributed by atoms with Crippen molar-refractivity contribution in [3.05, 3.63) is 22.4 Å². The predicted molar refractivity (Wildman–Crippen MR) is 70.5 cm³/mol. The number of likely N-dealkylation sites (N-methyl/N-ethyl adjacent to an activating group) is 1. The number of carbonyl (C=O) groups excluding carboxylic acids is 1. The molecular formula is C12H18N2O3S. The molecule has 1 amide bonds. The van der Waals surface area contributed by atoms with E-state index in [2.05, 4.69) is 5.32 Å². The number of hydrogen-bond donors (Lipinski definition) is 2. The third-order valence-electron chi connectivity index (χ3n) is 2.50. The van der Waals surface area contributed by atoms with Crippen molar-refractivity contribution in [2.45, 2.75) is 19.9 Å². The Bertz CT molecular complexity index is 379. The van der Waals surface area contributed by atoms with Gasteiger partial charge in [0.1, 0.15) is 0 Å². The van der Waals surface area contributed by atoms with Gasteiger partial charge in [-0.05, 0) is 18.0 Å². The molecule has 0 radical (unpaired) electrons. The quantitative estimate of drug-likeness (QED) is 0.744. The van der Waals surface area contributed by atoms with E-state index in [1.54, 1.807) is 11.3 Å². The van der Waals surface area contributed by atoms with Gasteiger partial charge >= 0.3 is 5.97 Å². The zero-order valence-corrected chi connectivity index (χ0v) is 11.2. The molecule has 1 aromatic rings. The lowest BCUT2D eigenvalue weighted by molar-refractivity contribution is -0.137. The topological polar surface area (TPSA) is 69.6 Å². The lowest BCUT2D eigenvalue weighted by Gasteiger charge is -2.18. The molecular weight excluding hydrogens is 252 g/mol. The number of hydrogen-bond acceptors (Lipinski definition) is 4. The molecule has 0 bridgehead atoms. The fourth-order valence-electron chi connectivity index (χ4n) is 1.46. The number of aliphatic carboxylic acids is 1. The van der Waals surface area contributed by atoms with Gasteiger partial charge < -0.3 is 10.4 Å². The van der Waals surface area contributed by atoms with Crippen LogP contribution in [-0.2, 0) is 16.1 Å². The molecule has 0 aliphatic rings. The van der Waals surface area contributed by atoms with Crippen LogP contribution in [0.1, 0.15) is 18.2 Å². The summed E-state index contributed by atoms with van der Waals surface area (Å²) in [5, 5.41) is 13.4. The van der Waals surface area contributed by atoms with Crippen LogP contribution in [0.5, 0.6) is 0 Å². The molecule has 0 saturated carbocycles. The van der Waals surface area contributed by atoms with Gasteiger partial charge in [-0.25, -0.2) is 0 Å². The summed E-state index contributed by atoms with van der Waals surface area (Å²) >= 11 is 1.60. The molecule has 100 valence electrons. The largest absolute Gasteiger partial charge is 0.481 e. The number of nitrogens with one attached hydrogen (secondary N) is 1. The minimum absolute atomic E-state index is 0.0616. The first kappa shape index (κ1) is 14.7. The Labute approximate surface area is 110 Å². The van der Waals surface area contributed by atoms with Gasteiger partial charge in [-0.2, -0.15) is 0 Å². The first-order valence-corrected chi connectivity index (χ1v) is 6.73. The number of carboxylic acid groups (broad SMARTS) is 1. The molecule has 5 nitrogen and oxygen atoms in total. The monoisotopic (exact) mass is 270 g/mol. The number of carbonyl (C=O) groups is 2. The Morgan fingerprint density at radius 3 is 2.83 bits per heavy atom. The van der Waals surface area contributed by atoms with Crippen molar-refractivity contribution in [2.75, 3.05) is 19.6 Å². The number of rotatable bonds is 8. The van der Waals surface area contributed by atoms with Crippen LogP contribution in [0.4, 0.5) is 0 Å². The van der Waals surface area contributed by atoms with Crippen molar-refractivity contribution < 1.29 is 14.7 Å². The fraction of sp³-hybridized carbons (Fsp3) is 0.500. The maximum absolute atomic E-state index is 11.7. The summed E-state index contributed by atoms with van der Waals surface area (Å²) in [6.07, 6.45) is 0.0616. The van der Waals surface area contributed by atoms with Crippen LogP contribution in [0.3, 0.4) is 0 Å². The molecule has 0 unspecified atom stereocenters. The van der Waals surface area contributed by atoms with Gasteiger partial charge in [-0.3, -0.25) is 14.5 Å². The Hall–Kier alpha value is -1.40. The summed E-state index contributed by atoms with van der Waals surface area (Å²) in [7, 11) is 0. The zero-order chi connectivity index (χ0) is 13.4. The van der Waals surface area contributed by atoms with Crippen LogP contribution in [0.15, 0.2) is 17.5 Å². The zero-order valence-electron chi connectivity index (χ0n) is 10.4. The maximum Gasteiger partial charge on any atom is 0.304 e. The van der Waals surface area contributed by atoms with Gasteiger partial charge in [0, 0.05) is 11.4 Å².